The van der Waals surface area contributed by atoms with Gasteiger partial charge in [0.1, 0.15) is 5.58 Å². The van der Waals surface area contributed by atoms with Gasteiger partial charge in [-0.15, -0.1) is 0 Å². The molecule has 122 valence electrons. The Kier molecular flexibility index (Phi) is 4.20. The Morgan fingerprint density at radius 2 is 1.79 bits per heavy atom. The summed E-state index contributed by atoms with van der Waals surface area (Å²) in [7, 11) is 1.69. The number of carbonyl (C=O) groups excluding carboxylic acids is 1. The normalized spacial score (nSPS) is 10.4. The number of hydrogen-bond acceptors (Lipinski definition) is 4. The zero-order valence-electron chi connectivity index (χ0n) is 13.3. The fraction of sp³-hybridized carbons (Fsp3) is 0.111. The Hall–Kier alpha value is -3.28. The molecule has 3 rings (SSSR count). The van der Waals surface area contributed by atoms with Gasteiger partial charge in [0.05, 0.1) is 5.69 Å². The highest BCUT2D eigenvalue weighted by Crippen LogP contribution is 2.28. The Bertz CT molecular complexity index is 963. The number of rotatable bonds is 3. The molecule has 0 atom stereocenters. The van der Waals surface area contributed by atoms with Crippen LogP contribution in [0.15, 0.2) is 57.7 Å². The van der Waals surface area contributed by atoms with Gasteiger partial charge < -0.3 is 15.1 Å². The lowest BCUT2D eigenvalue weighted by molar-refractivity contribution is 0.262. The molecule has 6 heteroatoms. The molecule has 3 N–H and O–H groups in total. The minimum absolute atomic E-state index is 0.0707. The summed E-state index contributed by atoms with van der Waals surface area (Å²) in [5, 5.41) is 8.94. The van der Waals surface area contributed by atoms with Crippen molar-refractivity contribution in [1.82, 2.24) is 0 Å². The van der Waals surface area contributed by atoms with Crippen LogP contribution in [0.1, 0.15) is 5.56 Å². The second-order valence-electron chi connectivity index (χ2n) is 5.33. The maximum Gasteiger partial charge on any atom is 0.362 e. The summed E-state index contributed by atoms with van der Waals surface area (Å²) in [6, 6.07) is 14.0. The predicted octanol–water partition coefficient (Wildman–Crippen LogP) is 3.79. The maximum atomic E-state index is 12.2. The third-order valence-corrected chi connectivity index (χ3v) is 3.58. The van der Waals surface area contributed by atoms with Crippen molar-refractivity contribution in [3.05, 3.63) is 64.5 Å². The Balaban J connectivity index is 1.93. The van der Waals surface area contributed by atoms with E-state index in [9.17, 15) is 9.59 Å². The average molecular weight is 323 g/mol. The molecule has 6 nitrogen and oxygen atoms in total. The van der Waals surface area contributed by atoms with Crippen LogP contribution < -0.4 is 21.6 Å². The third kappa shape index (κ3) is 3.08. The van der Waals surface area contributed by atoms with Gasteiger partial charge in [-0.25, -0.2) is 9.59 Å². The van der Waals surface area contributed by atoms with Crippen LogP contribution in [0.4, 0.5) is 21.9 Å². The van der Waals surface area contributed by atoms with Crippen LogP contribution in [0.3, 0.4) is 0 Å². The number of hydrogen-bond donors (Lipinski definition) is 3. The number of nitrogens with one attached hydrogen (secondary N) is 3. The fourth-order valence-electron chi connectivity index (χ4n) is 2.52. The Labute approximate surface area is 138 Å². The molecule has 1 aromatic heterocycles. The number of anilines is 3. The van der Waals surface area contributed by atoms with Gasteiger partial charge in [0.2, 0.25) is 0 Å². The number of aryl methyl sites for hydroxylation is 1. The standard InChI is InChI=1S/C18H17N3O3/c1-11-6-5-7-12(10-11)20-18(23)21-16-15(19-2)13-8-3-4-9-14(13)24-17(16)22/h3-10,19H,1-2H3,(H2,20,21,23). The topological polar surface area (TPSA) is 83.4 Å². The first-order valence-electron chi connectivity index (χ1n) is 7.47. The van der Waals surface area contributed by atoms with Crippen LogP contribution in [-0.2, 0) is 0 Å². The van der Waals surface area contributed by atoms with Gasteiger partial charge in [0.25, 0.3) is 0 Å². The summed E-state index contributed by atoms with van der Waals surface area (Å²) < 4.78 is 5.27. The van der Waals surface area contributed by atoms with Gasteiger partial charge >= 0.3 is 11.7 Å². The molecule has 0 saturated carbocycles. The average Bonchev–Trinajstić information content (AvgIpc) is 2.55. The summed E-state index contributed by atoms with van der Waals surface area (Å²) in [5.74, 6) is 0. The van der Waals surface area contributed by atoms with E-state index in [2.05, 4.69) is 16.0 Å². The van der Waals surface area contributed by atoms with Crippen molar-refractivity contribution in [2.45, 2.75) is 6.92 Å². The van der Waals surface area contributed by atoms with Gasteiger partial charge in [-0.1, -0.05) is 24.3 Å². The molecular weight excluding hydrogens is 306 g/mol. The van der Waals surface area contributed by atoms with E-state index in [0.717, 1.165) is 5.56 Å². The maximum absolute atomic E-state index is 12.2. The second-order valence-corrected chi connectivity index (χ2v) is 5.33. The van der Waals surface area contributed by atoms with Gasteiger partial charge in [0.15, 0.2) is 5.69 Å². The first-order chi connectivity index (χ1) is 11.6. The van der Waals surface area contributed by atoms with Crippen molar-refractivity contribution in [2.24, 2.45) is 0 Å². The number of urea groups is 1. The van der Waals surface area contributed by atoms with Crippen molar-refractivity contribution in [1.29, 1.82) is 0 Å². The monoisotopic (exact) mass is 323 g/mol. The molecule has 0 fully saturated rings. The van der Waals surface area contributed by atoms with Gasteiger partial charge in [-0.05, 0) is 36.8 Å². The molecule has 0 radical (unpaired) electrons. The molecule has 0 bridgehead atoms. The molecule has 3 aromatic rings. The highest BCUT2D eigenvalue weighted by molar-refractivity contribution is 6.05. The van der Waals surface area contributed by atoms with Crippen LogP contribution >= 0.6 is 0 Å². The highest BCUT2D eigenvalue weighted by atomic mass is 16.4. The lowest BCUT2D eigenvalue weighted by Crippen LogP contribution is -2.24. The summed E-state index contributed by atoms with van der Waals surface area (Å²) in [4.78, 5) is 24.4. The van der Waals surface area contributed by atoms with Gasteiger partial charge in [0, 0.05) is 18.1 Å². The molecule has 0 saturated heterocycles. The zero-order chi connectivity index (χ0) is 17.1. The summed E-state index contributed by atoms with van der Waals surface area (Å²) >= 11 is 0. The smallest absolute Gasteiger partial charge is 0.362 e. The van der Waals surface area contributed by atoms with Crippen LogP contribution in [-0.4, -0.2) is 13.1 Å². The van der Waals surface area contributed by atoms with E-state index in [1.54, 1.807) is 25.2 Å². The third-order valence-electron chi connectivity index (χ3n) is 3.58. The second kappa shape index (κ2) is 6.45. The minimum atomic E-state index is -0.613. The SMILES string of the molecule is CNc1c(NC(=O)Nc2cccc(C)c2)c(=O)oc2ccccc12. The van der Waals surface area contributed by atoms with E-state index >= 15 is 0 Å². The van der Waals surface area contributed by atoms with E-state index in [1.165, 1.54) is 0 Å². The van der Waals surface area contributed by atoms with E-state index < -0.39 is 11.7 Å². The molecule has 0 aliphatic rings. The zero-order valence-corrected chi connectivity index (χ0v) is 13.3. The quantitative estimate of drug-likeness (QED) is 0.640. The van der Waals surface area contributed by atoms with Crippen LogP contribution in [0, 0.1) is 6.92 Å². The fourth-order valence-corrected chi connectivity index (χ4v) is 2.52. The predicted molar refractivity (Wildman–Crippen MR) is 95.9 cm³/mol. The summed E-state index contributed by atoms with van der Waals surface area (Å²) in [6.07, 6.45) is 0. The summed E-state index contributed by atoms with van der Waals surface area (Å²) in [6.45, 7) is 1.93. The van der Waals surface area contributed by atoms with E-state index in [4.69, 9.17) is 4.42 Å². The minimum Gasteiger partial charge on any atom is -0.421 e. The first-order valence-corrected chi connectivity index (χ1v) is 7.47. The van der Waals surface area contributed by atoms with E-state index in [1.807, 2.05) is 37.3 Å². The molecule has 0 aliphatic carbocycles. The molecule has 0 unspecified atom stereocenters. The molecule has 2 amide bonds. The number of amides is 2. The molecule has 2 aromatic carbocycles. The Morgan fingerprint density at radius 3 is 2.54 bits per heavy atom. The summed E-state index contributed by atoms with van der Waals surface area (Å²) in [5.41, 5.74) is 2.09. The van der Waals surface area contributed by atoms with Crippen molar-refractivity contribution in [3.8, 4) is 0 Å². The van der Waals surface area contributed by atoms with E-state index in [-0.39, 0.29) is 5.69 Å². The van der Waals surface area contributed by atoms with Crippen LogP contribution in [0.25, 0.3) is 11.0 Å². The molecule has 1 heterocycles. The van der Waals surface area contributed by atoms with Crippen molar-refractivity contribution in [3.63, 3.8) is 0 Å². The highest BCUT2D eigenvalue weighted by Gasteiger charge is 2.16. The van der Waals surface area contributed by atoms with E-state index in [0.29, 0.717) is 22.3 Å². The number of fused-ring (bicyclic) bond motifs is 1. The number of benzene rings is 2. The van der Waals surface area contributed by atoms with Crippen molar-refractivity contribution in [2.75, 3.05) is 23.0 Å². The first kappa shape index (κ1) is 15.6. The van der Waals surface area contributed by atoms with Crippen LogP contribution in [0.2, 0.25) is 0 Å². The molecule has 24 heavy (non-hydrogen) atoms. The molecule has 0 spiro atoms. The number of para-hydroxylation sites is 1. The lowest BCUT2D eigenvalue weighted by atomic mass is 10.2. The largest absolute Gasteiger partial charge is 0.421 e. The van der Waals surface area contributed by atoms with Crippen molar-refractivity contribution < 1.29 is 9.21 Å². The molecular formula is C18H17N3O3. The number of carbonyl (C=O) groups is 1. The lowest BCUT2D eigenvalue weighted by Gasteiger charge is -2.12. The van der Waals surface area contributed by atoms with Gasteiger partial charge in [-0.3, -0.25) is 5.32 Å². The van der Waals surface area contributed by atoms with Gasteiger partial charge in [-0.2, -0.15) is 0 Å². The molecule has 0 aliphatic heterocycles. The van der Waals surface area contributed by atoms with Crippen LogP contribution in [0.5, 0.6) is 0 Å². The Morgan fingerprint density at radius 1 is 1.00 bits per heavy atom. The van der Waals surface area contributed by atoms with Crippen molar-refractivity contribution >= 4 is 34.1 Å².